The molecule has 7 atom stereocenters. The van der Waals surface area contributed by atoms with E-state index < -0.39 is 17.9 Å². The van der Waals surface area contributed by atoms with Crippen molar-refractivity contribution in [2.45, 2.75) is 83.8 Å². The molecule has 3 saturated carbocycles. The third-order valence-electron chi connectivity index (χ3n) is 10.4. The van der Waals surface area contributed by atoms with E-state index in [1.807, 2.05) is 30.3 Å². The first-order valence-electron chi connectivity index (χ1n) is 14.2. The number of aliphatic hydroxyl groups excluding tert-OH is 1. The van der Waals surface area contributed by atoms with Crippen LogP contribution in [0.1, 0.15) is 70.8 Å². The third kappa shape index (κ3) is 5.02. The largest absolute Gasteiger partial charge is 0.467 e. The van der Waals surface area contributed by atoms with Crippen molar-refractivity contribution in [3.05, 3.63) is 47.5 Å². The van der Waals surface area contributed by atoms with Gasteiger partial charge in [-0.05, 0) is 91.6 Å². The van der Waals surface area contributed by atoms with Gasteiger partial charge in [-0.1, -0.05) is 54.9 Å². The maximum absolute atomic E-state index is 12.5. The Morgan fingerprint density at radius 2 is 1.87 bits per heavy atom. The SMILES string of the molecule is COC(=O)C(Cc1ccccc1)NC(=O)CO/N=C1/C=C2CC[C@@H]3[C@H](CC[C@]4(C)C(O)CC[C@@H]34)[C@@]2(C)CC1. The van der Waals surface area contributed by atoms with E-state index in [2.05, 4.69) is 30.4 Å². The lowest BCUT2D eigenvalue weighted by atomic mass is 9.47. The van der Waals surface area contributed by atoms with Crippen molar-refractivity contribution in [2.24, 2.45) is 33.7 Å². The molecule has 0 bridgehead atoms. The number of aliphatic hydroxyl groups is 1. The Morgan fingerprint density at radius 1 is 1.08 bits per heavy atom. The summed E-state index contributed by atoms with van der Waals surface area (Å²) in [6.07, 6.45) is 11.0. The van der Waals surface area contributed by atoms with Crippen molar-refractivity contribution in [2.75, 3.05) is 13.7 Å². The monoisotopic (exact) mass is 522 g/mol. The number of fused-ring (bicyclic) bond motifs is 5. The lowest BCUT2D eigenvalue weighted by molar-refractivity contribution is -0.145. The number of carbonyl (C=O) groups excluding carboxylic acids is 2. The van der Waals surface area contributed by atoms with Crippen LogP contribution < -0.4 is 5.32 Å². The van der Waals surface area contributed by atoms with E-state index in [1.54, 1.807) is 0 Å². The fraction of sp³-hybridized carbons (Fsp3) is 0.645. The van der Waals surface area contributed by atoms with Crippen LogP contribution >= 0.6 is 0 Å². The Morgan fingerprint density at radius 3 is 2.63 bits per heavy atom. The summed E-state index contributed by atoms with van der Waals surface area (Å²) in [6, 6.07) is 8.73. The molecule has 3 fully saturated rings. The maximum Gasteiger partial charge on any atom is 0.328 e. The van der Waals surface area contributed by atoms with Gasteiger partial charge in [-0.3, -0.25) is 4.79 Å². The van der Waals surface area contributed by atoms with Crippen molar-refractivity contribution in [1.82, 2.24) is 5.32 Å². The molecule has 0 heterocycles. The van der Waals surface area contributed by atoms with Gasteiger partial charge in [-0.15, -0.1) is 0 Å². The van der Waals surface area contributed by atoms with Crippen LogP contribution in [0.3, 0.4) is 0 Å². The molecule has 7 nitrogen and oxygen atoms in total. The maximum atomic E-state index is 12.5. The van der Waals surface area contributed by atoms with Crippen LogP contribution in [0.4, 0.5) is 0 Å². The van der Waals surface area contributed by atoms with E-state index in [4.69, 9.17) is 9.57 Å². The summed E-state index contributed by atoms with van der Waals surface area (Å²) in [7, 11) is 1.32. The van der Waals surface area contributed by atoms with Crippen LogP contribution in [0.15, 0.2) is 47.1 Å². The molecular formula is C31H42N2O5. The molecule has 1 aromatic carbocycles. The fourth-order valence-electron chi connectivity index (χ4n) is 8.21. The minimum atomic E-state index is -0.780. The first-order chi connectivity index (χ1) is 18.2. The molecule has 0 aromatic heterocycles. The highest BCUT2D eigenvalue weighted by Crippen LogP contribution is 2.65. The molecule has 0 saturated heterocycles. The molecule has 0 aliphatic heterocycles. The summed E-state index contributed by atoms with van der Waals surface area (Å²) in [5.74, 6) is 1.11. The highest BCUT2D eigenvalue weighted by Gasteiger charge is 2.58. The normalized spacial score (nSPS) is 35.8. The molecule has 2 unspecified atom stereocenters. The minimum absolute atomic E-state index is 0.0996. The number of allylic oxidation sites excluding steroid dienone is 2. The van der Waals surface area contributed by atoms with Gasteiger partial charge < -0.3 is 20.0 Å². The highest BCUT2D eigenvalue weighted by atomic mass is 16.6. The van der Waals surface area contributed by atoms with Crippen molar-refractivity contribution >= 4 is 17.6 Å². The van der Waals surface area contributed by atoms with Crippen LogP contribution in [0.5, 0.6) is 0 Å². The van der Waals surface area contributed by atoms with Gasteiger partial charge in [0.15, 0.2) is 6.61 Å². The van der Waals surface area contributed by atoms with E-state index in [0.717, 1.165) is 43.4 Å². The van der Waals surface area contributed by atoms with Gasteiger partial charge in [-0.2, -0.15) is 0 Å². The molecule has 1 amide bonds. The smallest absolute Gasteiger partial charge is 0.328 e. The predicted molar refractivity (Wildman–Crippen MR) is 145 cm³/mol. The lowest BCUT2D eigenvalue weighted by Gasteiger charge is -2.57. The van der Waals surface area contributed by atoms with Gasteiger partial charge in [0.05, 0.1) is 18.9 Å². The summed E-state index contributed by atoms with van der Waals surface area (Å²) in [6.45, 7) is 4.52. The molecule has 0 spiro atoms. The average molecular weight is 523 g/mol. The second kappa shape index (κ2) is 10.8. The van der Waals surface area contributed by atoms with Gasteiger partial charge in [0.25, 0.3) is 5.91 Å². The molecule has 2 N–H and O–H groups in total. The van der Waals surface area contributed by atoms with Gasteiger partial charge in [0.2, 0.25) is 0 Å². The number of hydrogen-bond donors (Lipinski definition) is 2. The molecule has 0 radical (unpaired) electrons. The molecule has 4 aliphatic rings. The first kappa shape index (κ1) is 26.9. The Hall–Kier alpha value is -2.67. The molecule has 1 aromatic rings. The van der Waals surface area contributed by atoms with Gasteiger partial charge in [-0.25, -0.2) is 4.79 Å². The zero-order valence-corrected chi connectivity index (χ0v) is 22.9. The number of nitrogens with zero attached hydrogens (tertiary/aromatic N) is 1. The minimum Gasteiger partial charge on any atom is -0.467 e. The average Bonchev–Trinajstić information content (AvgIpc) is 3.22. The zero-order valence-electron chi connectivity index (χ0n) is 22.9. The first-order valence-corrected chi connectivity index (χ1v) is 14.2. The van der Waals surface area contributed by atoms with Crippen LogP contribution in [0, 0.1) is 28.6 Å². The van der Waals surface area contributed by atoms with Crippen LogP contribution in [0.2, 0.25) is 0 Å². The van der Waals surface area contributed by atoms with Crippen molar-refractivity contribution in [3.8, 4) is 0 Å². The molecule has 38 heavy (non-hydrogen) atoms. The van der Waals surface area contributed by atoms with Crippen molar-refractivity contribution in [1.29, 1.82) is 0 Å². The van der Waals surface area contributed by atoms with E-state index in [-0.39, 0.29) is 23.5 Å². The van der Waals surface area contributed by atoms with Gasteiger partial charge in [0, 0.05) is 6.42 Å². The van der Waals surface area contributed by atoms with E-state index >= 15 is 0 Å². The second-order valence-corrected chi connectivity index (χ2v) is 12.3. The number of nitrogens with one attached hydrogen (secondary N) is 1. The number of methoxy groups -OCH3 is 1. The Bertz CT molecular complexity index is 1100. The quantitative estimate of drug-likeness (QED) is 0.404. The number of hydrogen-bond acceptors (Lipinski definition) is 6. The summed E-state index contributed by atoms with van der Waals surface area (Å²) in [5, 5.41) is 17.7. The molecular weight excluding hydrogens is 480 g/mol. The zero-order chi connectivity index (χ0) is 26.9. The number of ether oxygens (including phenoxy) is 1. The van der Waals surface area contributed by atoms with Crippen LogP contribution in [-0.2, 0) is 25.6 Å². The van der Waals surface area contributed by atoms with Gasteiger partial charge in [0.1, 0.15) is 6.04 Å². The molecule has 5 rings (SSSR count). The Kier molecular flexibility index (Phi) is 7.67. The molecule has 7 heteroatoms. The summed E-state index contributed by atoms with van der Waals surface area (Å²) >= 11 is 0. The summed E-state index contributed by atoms with van der Waals surface area (Å²) in [4.78, 5) is 30.2. The number of oxime groups is 1. The van der Waals surface area contributed by atoms with E-state index in [9.17, 15) is 14.7 Å². The summed E-state index contributed by atoms with van der Waals surface area (Å²) < 4.78 is 4.87. The second-order valence-electron chi connectivity index (χ2n) is 12.3. The number of benzene rings is 1. The predicted octanol–water partition coefficient (Wildman–Crippen LogP) is 4.58. The fourth-order valence-corrected chi connectivity index (χ4v) is 8.21. The standard InChI is InChI=1S/C31H42N2O5/c1-30-15-13-22(18-21(30)9-10-23-24-11-12-27(34)31(24,2)16-14-25(23)30)33-38-19-28(35)32-26(29(36)37-3)17-20-7-5-4-6-8-20/h4-8,18,23-27,34H,9-17,19H2,1-3H3,(H,32,35)/b33-22+/t23-,24-,25-,26?,27?,30-,31-/m0/s1. The molecule has 206 valence electrons. The van der Waals surface area contributed by atoms with Crippen LogP contribution in [-0.4, -0.2) is 48.6 Å². The summed E-state index contributed by atoms with van der Waals surface area (Å²) in [5.41, 5.74) is 3.56. The van der Waals surface area contributed by atoms with Gasteiger partial charge >= 0.3 is 5.97 Å². The van der Waals surface area contributed by atoms with Crippen molar-refractivity contribution < 1.29 is 24.3 Å². The lowest BCUT2D eigenvalue weighted by Crippen LogP contribution is -2.51. The number of rotatable bonds is 7. The number of esters is 1. The number of amides is 1. The Balaban J connectivity index is 1.18. The van der Waals surface area contributed by atoms with E-state index in [0.29, 0.717) is 24.2 Å². The molecule has 4 aliphatic carbocycles. The van der Waals surface area contributed by atoms with Crippen LogP contribution in [0.25, 0.3) is 0 Å². The number of carbonyl (C=O) groups is 2. The topological polar surface area (TPSA) is 97.2 Å². The van der Waals surface area contributed by atoms with E-state index in [1.165, 1.54) is 31.9 Å². The van der Waals surface area contributed by atoms with Crippen molar-refractivity contribution in [3.63, 3.8) is 0 Å². The Labute approximate surface area is 226 Å². The highest BCUT2D eigenvalue weighted by molar-refractivity contribution is 5.96. The third-order valence-corrected chi connectivity index (χ3v) is 10.4.